The minimum Gasteiger partial charge on any atom is -0.255 e. The van der Waals surface area contributed by atoms with Gasteiger partial charge in [0.2, 0.25) is 0 Å². The van der Waals surface area contributed by atoms with Gasteiger partial charge in [-0.2, -0.15) is 35.9 Å². The number of nitrogens with zero attached hydrogens (tertiary/aromatic N) is 3. The zero-order chi connectivity index (χ0) is 22.1. The van der Waals surface area contributed by atoms with Crippen molar-refractivity contribution in [3.63, 3.8) is 0 Å². The number of pyridine rings is 3. The zero-order valence-electron chi connectivity index (χ0n) is 19.2. The summed E-state index contributed by atoms with van der Waals surface area (Å²) in [5, 5.41) is 0. The van der Waals surface area contributed by atoms with Gasteiger partial charge in [-0.05, 0) is 47.4 Å². The fourth-order valence-corrected chi connectivity index (χ4v) is 3.57. The first-order chi connectivity index (χ1) is 14.7. The van der Waals surface area contributed by atoms with E-state index in [-0.39, 0.29) is 31.9 Å². The van der Waals surface area contributed by atoms with E-state index >= 15 is 0 Å². The van der Waals surface area contributed by atoms with Gasteiger partial charge in [0.05, 0.1) is 22.8 Å². The van der Waals surface area contributed by atoms with Crippen LogP contribution in [0.1, 0.15) is 51.4 Å². The number of rotatable bonds is 4. The third kappa shape index (κ3) is 5.05. The van der Waals surface area contributed by atoms with Crippen molar-refractivity contribution in [3.8, 4) is 22.8 Å². The van der Waals surface area contributed by atoms with E-state index in [0.29, 0.717) is 0 Å². The van der Waals surface area contributed by atoms with Crippen LogP contribution in [0.2, 0.25) is 0 Å². The number of hydrogen-bond acceptors (Lipinski definition) is 3. The maximum atomic E-state index is 5.10. The molecule has 0 aliphatic heterocycles. The topological polar surface area (TPSA) is 38.7 Å². The van der Waals surface area contributed by atoms with Crippen molar-refractivity contribution in [2.24, 2.45) is 0 Å². The molecule has 0 fully saturated rings. The van der Waals surface area contributed by atoms with Gasteiger partial charge in [0.15, 0.2) is 0 Å². The van der Waals surface area contributed by atoms with Gasteiger partial charge >= 0.3 is 0 Å². The fraction of sp³-hybridized carbons (Fsp3) is 0.250. The van der Waals surface area contributed by atoms with E-state index in [2.05, 4.69) is 69.9 Å². The van der Waals surface area contributed by atoms with Gasteiger partial charge < -0.3 is 0 Å². The van der Waals surface area contributed by atoms with E-state index in [1.54, 1.807) is 6.20 Å². The van der Waals surface area contributed by atoms with E-state index in [4.69, 9.17) is 9.97 Å². The van der Waals surface area contributed by atoms with Crippen molar-refractivity contribution < 1.29 is 21.1 Å². The van der Waals surface area contributed by atoms with Crippen LogP contribution in [0.3, 0.4) is 0 Å². The van der Waals surface area contributed by atoms with Crippen LogP contribution >= 0.6 is 0 Å². The summed E-state index contributed by atoms with van der Waals surface area (Å²) in [5.74, 6) is 0. The molecule has 166 valence electrons. The van der Waals surface area contributed by atoms with Gasteiger partial charge in [0.1, 0.15) is 0 Å². The van der Waals surface area contributed by atoms with Crippen LogP contribution in [-0.4, -0.2) is 15.0 Å². The number of hydrogen-bond donors (Lipinski definition) is 0. The molecule has 0 saturated heterocycles. The van der Waals surface area contributed by atoms with Crippen molar-refractivity contribution in [2.75, 3.05) is 0 Å². The molecule has 0 aliphatic carbocycles. The summed E-state index contributed by atoms with van der Waals surface area (Å²) in [5.41, 5.74) is 6.51. The first-order valence-corrected chi connectivity index (χ1v) is 10.6. The minimum atomic E-state index is -0.282. The summed E-state index contributed by atoms with van der Waals surface area (Å²) in [7, 11) is 0. The van der Waals surface area contributed by atoms with E-state index in [9.17, 15) is 0 Å². The largest absolute Gasteiger partial charge is 0.255 e. The van der Waals surface area contributed by atoms with Crippen LogP contribution in [0.4, 0.5) is 0 Å². The van der Waals surface area contributed by atoms with Crippen molar-refractivity contribution in [1.29, 1.82) is 0 Å². The molecule has 4 rings (SSSR count). The molecule has 0 spiro atoms. The van der Waals surface area contributed by atoms with Gasteiger partial charge in [-0.1, -0.05) is 46.8 Å². The number of benzene rings is 1. The summed E-state index contributed by atoms with van der Waals surface area (Å²) >= 11 is 0. The second-order valence-corrected chi connectivity index (χ2v) is 9.40. The average molecular weight is 602 g/mol. The summed E-state index contributed by atoms with van der Waals surface area (Å²) in [6.07, 6.45) is 1.79. The molecule has 3 heterocycles. The van der Waals surface area contributed by atoms with Crippen LogP contribution in [0.5, 0.6) is 0 Å². The molecule has 4 heteroatoms. The third-order valence-corrected chi connectivity index (χ3v) is 5.65. The molecule has 0 bridgehead atoms. The number of aromatic nitrogens is 3. The molecule has 4 aromatic rings. The van der Waals surface area contributed by atoms with Crippen LogP contribution in [0.25, 0.3) is 22.8 Å². The Morgan fingerprint density at radius 2 is 1.38 bits per heavy atom. The van der Waals surface area contributed by atoms with E-state index in [1.807, 2.05) is 48.5 Å². The molecule has 0 saturated carbocycles. The summed E-state index contributed by atoms with van der Waals surface area (Å²) in [6, 6.07) is 27.8. The Balaban J connectivity index is 0.00000289. The standard InChI is InChI=1S/C28H28N3.Pt/c1-27(2,3)21-18-25(24-16-11-15-23(30-24)22-14-9-10-17-29-22)31-26(19-21)28(4,5)20-12-7-6-8-13-20;/h6-12,14-19H,1-5H3;/q-1;. The molecule has 0 unspecified atom stereocenters. The van der Waals surface area contributed by atoms with Crippen molar-refractivity contribution in [3.05, 3.63) is 102 Å². The molecule has 0 aliphatic rings. The molecular formula is C28H28N3Pt-. The van der Waals surface area contributed by atoms with Crippen molar-refractivity contribution in [2.45, 2.75) is 45.4 Å². The Morgan fingerprint density at radius 3 is 2.00 bits per heavy atom. The Labute approximate surface area is 205 Å². The normalized spacial score (nSPS) is 11.7. The maximum Gasteiger partial charge on any atom is 0.0894 e. The van der Waals surface area contributed by atoms with E-state index in [1.165, 1.54) is 5.56 Å². The summed E-state index contributed by atoms with van der Waals surface area (Å²) in [6.45, 7) is 11.1. The van der Waals surface area contributed by atoms with E-state index < -0.39 is 0 Å². The van der Waals surface area contributed by atoms with Crippen LogP contribution in [0, 0.1) is 6.07 Å². The van der Waals surface area contributed by atoms with Crippen molar-refractivity contribution >= 4 is 0 Å². The smallest absolute Gasteiger partial charge is 0.0894 e. The fourth-order valence-electron chi connectivity index (χ4n) is 3.57. The molecule has 32 heavy (non-hydrogen) atoms. The Bertz CT molecular complexity index is 1180. The molecule has 0 amide bonds. The zero-order valence-corrected chi connectivity index (χ0v) is 21.4. The maximum absolute atomic E-state index is 5.10. The van der Waals surface area contributed by atoms with E-state index in [0.717, 1.165) is 34.0 Å². The third-order valence-electron chi connectivity index (χ3n) is 5.65. The molecule has 1 aromatic carbocycles. The second-order valence-electron chi connectivity index (χ2n) is 9.40. The van der Waals surface area contributed by atoms with Crippen LogP contribution in [-0.2, 0) is 31.9 Å². The van der Waals surface area contributed by atoms with Gasteiger partial charge in [0, 0.05) is 38.4 Å². The Kier molecular flexibility index (Phi) is 7.10. The SMILES string of the molecule is CC(C)(C)c1cc(-c2cccc(-c3ccccn3)n2)nc(C(C)(C)c2[c-]cccc2)c1.[Pt]. The Hall–Kier alpha value is -2.64. The summed E-state index contributed by atoms with van der Waals surface area (Å²) in [4.78, 5) is 14.4. The van der Waals surface area contributed by atoms with Crippen LogP contribution in [0.15, 0.2) is 79.0 Å². The monoisotopic (exact) mass is 601 g/mol. The molecular weight excluding hydrogens is 573 g/mol. The minimum absolute atomic E-state index is 0. The first-order valence-electron chi connectivity index (χ1n) is 10.6. The quantitative estimate of drug-likeness (QED) is 0.247. The summed E-state index contributed by atoms with van der Waals surface area (Å²) < 4.78 is 0. The molecule has 3 nitrogen and oxygen atoms in total. The molecule has 0 radical (unpaired) electrons. The van der Waals surface area contributed by atoms with Crippen molar-refractivity contribution in [1.82, 2.24) is 15.0 Å². The van der Waals surface area contributed by atoms with Gasteiger partial charge in [-0.25, -0.2) is 4.98 Å². The molecule has 0 atom stereocenters. The van der Waals surface area contributed by atoms with Gasteiger partial charge in [-0.15, -0.1) is 0 Å². The average Bonchev–Trinajstić information content (AvgIpc) is 2.79. The Morgan fingerprint density at radius 1 is 0.688 bits per heavy atom. The molecule has 0 N–H and O–H groups in total. The first kappa shape index (κ1) is 24.0. The predicted octanol–water partition coefficient (Wildman–Crippen LogP) is 6.63. The van der Waals surface area contributed by atoms with Gasteiger partial charge in [0.25, 0.3) is 0 Å². The van der Waals surface area contributed by atoms with Crippen LogP contribution < -0.4 is 0 Å². The van der Waals surface area contributed by atoms with Gasteiger partial charge in [-0.3, -0.25) is 9.97 Å². The second kappa shape index (κ2) is 9.46. The molecule has 3 aromatic heterocycles. The predicted molar refractivity (Wildman–Crippen MR) is 127 cm³/mol.